The van der Waals surface area contributed by atoms with E-state index in [0.717, 1.165) is 18.1 Å². The van der Waals surface area contributed by atoms with Crippen LogP contribution in [0, 0.1) is 0 Å². The molecule has 2 heteroatoms. The quantitative estimate of drug-likeness (QED) is 0.634. The average molecular weight is 154 g/mol. The Bertz CT molecular complexity index is 146. The maximum Gasteiger partial charge on any atom is 0.0253 e. The van der Waals surface area contributed by atoms with Crippen molar-refractivity contribution >= 4 is 0 Å². The summed E-state index contributed by atoms with van der Waals surface area (Å²) in [5.41, 5.74) is 0. The van der Waals surface area contributed by atoms with Crippen LogP contribution in [0.3, 0.4) is 0 Å². The van der Waals surface area contributed by atoms with E-state index in [1.165, 1.54) is 25.8 Å². The van der Waals surface area contributed by atoms with Gasteiger partial charge in [-0.05, 0) is 32.9 Å². The number of likely N-dealkylation sites (N-methyl/N-ethyl adjacent to an activating group) is 2. The zero-order valence-corrected chi connectivity index (χ0v) is 7.51. The Kier molecular flexibility index (Phi) is 1.90. The van der Waals surface area contributed by atoms with Crippen LogP contribution in [-0.4, -0.2) is 36.6 Å². The first-order chi connectivity index (χ1) is 5.36. The Hall–Kier alpha value is -0.0800. The van der Waals surface area contributed by atoms with Gasteiger partial charge >= 0.3 is 0 Å². The Morgan fingerprint density at radius 3 is 2.73 bits per heavy atom. The van der Waals surface area contributed by atoms with Gasteiger partial charge in [0.25, 0.3) is 0 Å². The Morgan fingerprint density at radius 1 is 1.45 bits per heavy atom. The summed E-state index contributed by atoms with van der Waals surface area (Å²) in [6.07, 6.45) is 4.25. The van der Waals surface area contributed by atoms with E-state index in [9.17, 15) is 0 Å². The molecule has 2 nitrogen and oxygen atoms in total. The predicted octanol–water partition coefficient (Wildman–Crippen LogP) is 0.831. The van der Waals surface area contributed by atoms with Crippen LogP contribution >= 0.6 is 0 Å². The first kappa shape index (κ1) is 7.56. The summed E-state index contributed by atoms with van der Waals surface area (Å²) in [5.74, 6) is 0. The van der Waals surface area contributed by atoms with Crippen LogP contribution in [-0.2, 0) is 0 Å². The lowest BCUT2D eigenvalue weighted by atomic mass is 9.96. The van der Waals surface area contributed by atoms with E-state index in [0.29, 0.717) is 0 Å². The van der Waals surface area contributed by atoms with E-state index in [2.05, 4.69) is 24.2 Å². The van der Waals surface area contributed by atoms with Crippen LogP contribution in [0.15, 0.2) is 0 Å². The third-order valence-corrected chi connectivity index (χ3v) is 3.42. The van der Waals surface area contributed by atoms with Crippen molar-refractivity contribution < 1.29 is 0 Å². The summed E-state index contributed by atoms with van der Waals surface area (Å²) in [4.78, 5) is 2.67. The molecule has 2 aliphatic rings. The van der Waals surface area contributed by atoms with Crippen molar-refractivity contribution in [3.05, 3.63) is 0 Å². The molecule has 0 aliphatic carbocycles. The van der Waals surface area contributed by atoms with Gasteiger partial charge in [0.2, 0.25) is 0 Å². The maximum absolute atomic E-state index is 3.42. The highest BCUT2D eigenvalue weighted by molar-refractivity contribution is 5.02. The van der Waals surface area contributed by atoms with Crippen molar-refractivity contribution in [2.24, 2.45) is 0 Å². The normalized spacial score (nSPS) is 43.6. The predicted molar refractivity (Wildman–Crippen MR) is 46.7 cm³/mol. The monoisotopic (exact) mass is 154 g/mol. The smallest absolute Gasteiger partial charge is 0.0253 e. The van der Waals surface area contributed by atoms with Gasteiger partial charge < -0.3 is 5.32 Å². The third-order valence-electron chi connectivity index (χ3n) is 3.42. The van der Waals surface area contributed by atoms with Gasteiger partial charge in [0.05, 0.1) is 0 Å². The number of nitrogens with one attached hydrogen (secondary N) is 1. The molecule has 2 rings (SSSR count). The minimum absolute atomic E-state index is 0.786. The molecule has 2 saturated heterocycles. The fourth-order valence-corrected chi connectivity index (χ4v) is 2.90. The van der Waals surface area contributed by atoms with Crippen LogP contribution < -0.4 is 5.32 Å². The zero-order chi connectivity index (χ0) is 7.84. The molecule has 2 heterocycles. The Labute approximate surface area is 69.0 Å². The molecule has 0 radical (unpaired) electrons. The van der Waals surface area contributed by atoms with Gasteiger partial charge in [-0.1, -0.05) is 6.92 Å². The van der Waals surface area contributed by atoms with E-state index >= 15 is 0 Å². The molecule has 1 N–H and O–H groups in total. The summed E-state index contributed by atoms with van der Waals surface area (Å²) in [6, 6.07) is 2.55. The molecule has 11 heavy (non-hydrogen) atoms. The fraction of sp³-hybridized carbons (Fsp3) is 1.00. The standard InChI is InChI=1S/C9H18N2/c1-3-11-7-4-5-9(11)8(6-7)10-2/h7-10H,3-6H2,1-2H3/t7-,8?,9?/m0/s1. The van der Waals surface area contributed by atoms with Gasteiger partial charge in [-0.25, -0.2) is 0 Å². The van der Waals surface area contributed by atoms with Gasteiger partial charge in [0, 0.05) is 18.1 Å². The molecule has 64 valence electrons. The number of rotatable bonds is 2. The molecular weight excluding hydrogens is 136 g/mol. The molecule has 2 unspecified atom stereocenters. The molecule has 0 aromatic heterocycles. The van der Waals surface area contributed by atoms with Crippen LogP contribution in [0.2, 0.25) is 0 Å². The second-order valence-corrected chi connectivity index (χ2v) is 3.76. The van der Waals surface area contributed by atoms with E-state index in [1.807, 2.05) is 0 Å². The fourth-order valence-electron chi connectivity index (χ4n) is 2.90. The zero-order valence-electron chi connectivity index (χ0n) is 7.51. The number of hydrogen-bond donors (Lipinski definition) is 1. The van der Waals surface area contributed by atoms with Crippen LogP contribution in [0.1, 0.15) is 26.2 Å². The van der Waals surface area contributed by atoms with E-state index in [1.54, 1.807) is 0 Å². The van der Waals surface area contributed by atoms with Crippen molar-refractivity contribution in [1.82, 2.24) is 10.2 Å². The molecular formula is C9H18N2. The van der Waals surface area contributed by atoms with Gasteiger partial charge in [-0.3, -0.25) is 4.90 Å². The minimum Gasteiger partial charge on any atom is -0.315 e. The molecule has 0 amide bonds. The topological polar surface area (TPSA) is 15.3 Å². The molecule has 2 bridgehead atoms. The van der Waals surface area contributed by atoms with Crippen molar-refractivity contribution in [3.63, 3.8) is 0 Å². The summed E-state index contributed by atoms with van der Waals surface area (Å²) in [6.45, 7) is 3.52. The lowest BCUT2D eigenvalue weighted by molar-refractivity contribution is 0.257. The highest BCUT2D eigenvalue weighted by Crippen LogP contribution is 2.36. The highest BCUT2D eigenvalue weighted by atomic mass is 15.3. The highest BCUT2D eigenvalue weighted by Gasteiger charge is 2.44. The molecule has 2 aliphatic heterocycles. The van der Waals surface area contributed by atoms with E-state index in [-0.39, 0.29) is 0 Å². The lowest BCUT2D eigenvalue weighted by Gasteiger charge is -2.22. The van der Waals surface area contributed by atoms with Gasteiger partial charge in [-0.2, -0.15) is 0 Å². The lowest BCUT2D eigenvalue weighted by Crippen LogP contribution is -2.38. The van der Waals surface area contributed by atoms with E-state index in [4.69, 9.17) is 0 Å². The van der Waals surface area contributed by atoms with Crippen molar-refractivity contribution in [2.75, 3.05) is 13.6 Å². The minimum atomic E-state index is 0.786. The van der Waals surface area contributed by atoms with E-state index < -0.39 is 0 Å². The second kappa shape index (κ2) is 2.76. The summed E-state index contributed by atoms with van der Waals surface area (Å²) in [5, 5.41) is 3.42. The molecule has 0 aromatic carbocycles. The van der Waals surface area contributed by atoms with Gasteiger partial charge in [0.1, 0.15) is 0 Å². The number of hydrogen-bond acceptors (Lipinski definition) is 2. The van der Waals surface area contributed by atoms with Gasteiger partial charge in [0.15, 0.2) is 0 Å². The summed E-state index contributed by atoms with van der Waals surface area (Å²) >= 11 is 0. The van der Waals surface area contributed by atoms with Crippen LogP contribution in [0.4, 0.5) is 0 Å². The summed E-state index contributed by atoms with van der Waals surface area (Å²) < 4.78 is 0. The molecule has 2 fully saturated rings. The summed E-state index contributed by atoms with van der Waals surface area (Å²) in [7, 11) is 2.10. The molecule has 0 spiro atoms. The maximum atomic E-state index is 3.42. The van der Waals surface area contributed by atoms with Crippen LogP contribution in [0.5, 0.6) is 0 Å². The Balaban J connectivity index is 2.06. The molecule has 0 saturated carbocycles. The number of nitrogens with zero attached hydrogens (tertiary/aromatic N) is 1. The van der Waals surface area contributed by atoms with Crippen LogP contribution in [0.25, 0.3) is 0 Å². The van der Waals surface area contributed by atoms with Gasteiger partial charge in [-0.15, -0.1) is 0 Å². The average Bonchev–Trinajstić information content (AvgIpc) is 2.59. The molecule has 3 atom stereocenters. The van der Waals surface area contributed by atoms with Crippen molar-refractivity contribution in [3.8, 4) is 0 Å². The Morgan fingerprint density at radius 2 is 2.27 bits per heavy atom. The third kappa shape index (κ3) is 1.00. The SMILES string of the molecule is CCN1C2CC[C@H]1CC2NC. The van der Waals surface area contributed by atoms with Crippen molar-refractivity contribution in [1.29, 1.82) is 0 Å². The molecule has 0 aromatic rings. The largest absolute Gasteiger partial charge is 0.315 e. The first-order valence-corrected chi connectivity index (χ1v) is 4.79. The second-order valence-electron chi connectivity index (χ2n) is 3.76. The van der Waals surface area contributed by atoms with Crippen molar-refractivity contribution in [2.45, 2.75) is 44.3 Å². The first-order valence-electron chi connectivity index (χ1n) is 4.79. The number of fused-ring (bicyclic) bond motifs is 2.